The molecule has 146 valence electrons. The van der Waals surface area contributed by atoms with Crippen molar-refractivity contribution in [2.75, 3.05) is 13.2 Å². The summed E-state index contributed by atoms with van der Waals surface area (Å²) in [5.41, 5.74) is 0.417. The van der Waals surface area contributed by atoms with E-state index in [0.717, 1.165) is 31.2 Å². The Labute approximate surface area is 159 Å². The largest absolute Gasteiger partial charge is 0.451 e. The number of benzene rings is 1. The highest BCUT2D eigenvalue weighted by Crippen LogP contribution is 2.44. The molecule has 2 unspecified atom stereocenters. The summed E-state index contributed by atoms with van der Waals surface area (Å²) in [6, 6.07) is 9.67. The molecule has 1 fully saturated rings. The van der Waals surface area contributed by atoms with Gasteiger partial charge in [-0.3, -0.25) is 0 Å². The maximum absolute atomic E-state index is 12.4. The average molecular weight is 374 g/mol. The fourth-order valence-electron chi connectivity index (χ4n) is 3.34. The van der Waals surface area contributed by atoms with Crippen LogP contribution in [-0.2, 0) is 34.2 Å². The van der Waals surface area contributed by atoms with Gasteiger partial charge < -0.3 is 14.2 Å². The van der Waals surface area contributed by atoms with Crippen molar-refractivity contribution in [3.8, 4) is 0 Å². The van der Waals surface area contributed by atoms with E-state index in [1.807, 2.05) is 30.3 Å². The van der Waals surface area contributed by atoms with Gasteiger partial charge in [0, 0.05) is 11.5 Å². The lowest BCUT2D eigenvalue weighted by Gasteiger charge is -2.42. The first-order chi connectivity index (χ1) is 12.8. The molecule has 27 heavy (non-hydrogen) atoms. The molecule has 2 rings (SSSR count). The number of ether oxygens (including phenoxy) is 3. The summed E-state index contributed by atoms with van der Waals surface area (Å²) in [6.07, 6.45) is 3.74. The predicted octanol–water partition coefficient (Wildman–Crippen LogP) is 3.30. The van der Waals surface area contributed by atoms with Crippen LogP contribution in [0.3, 0.4) is 0 Å². The second-order valence-electron chi connectivity index (χ2n) is 6.89. The Morgan fingerprint density at radius 1 is 1.07 bits per heavy atom. The summed E-state index contributed by atoms with van der Waals surface area (Å²) >= 11 is 0. The van der Waals surface area contributed by atoms with Crippen LogP contribution in [0.4, 0.5) is 0 Å². The van der Waals surface area contributed by atoms with Gasteiger partial charge in [0.1, 0.15) is 5.60 Å². The third-order valence-corrected chi connectivity index (χ3v) is 4.81. The summed E-state index contributed by atoms with van der Waals surface area (Å²) in [5, 5.41) is 0. The molecule has 0 aliphatic heterocycles. The molecule has 1 aromatic rings. The van der Waals surface area contributed by atoms with Crippen molar-refractivity contribution < 1.29 is 28.6 Å². The molecule has 0 bridgehead atoms. The summed E-state index contributed by atoms with van der Waals surface area (Å²) in [7, 11) is 0. The highest BCUT2D eigenvalue weighted by atomic mass is 16.6. The van der Waals surface area contributed by atoms with Crippen LogP contribution in [0.15, 0.2) is 42.5 Å². The van der Waals surface area contributed by atoms with E-state index >= 15 is 0 Å². The normalized spacial score (nSPS) is 21.8. The summed E-state index contributed by atoms with van der Waals surface area (Å²) in [5.74, 6) is -1.96. The summed E-state index contributed by atoms with van der Waals surface area (Å²) < 4.78 is 15.4. The first kappa shape index (κ1) is 20.7. The van der Waals surface area contributed by atoms with Gasteiger partial charge in [-0.1, -0.05) is 50.3 Å². The molecule has 2 atom stereocenters. The average Bonchev–Trinajstić information content (AvgIpc) is 2.67. The van der Waals surface area contributed by atoms with Crippen molar-refractivity contribution in [1.82, 2.24) is 0 Å². The standard InChI is InChI=1S/C21H26O6/c1-15(2)20(24)26-13-18(22)25-14-19(23)27-21(12-8-7-9-16(21)3)17-10-5-4-6-11-17/h4-6,10-11,16H,1,7-9,12-14H2,2-3H3. The molecule has 6 heteroatoms. The smallest absolute Gasteiger partial charge is 0.345 e. The molecule has 0 amide bonds. The fraction of sp³-hybridized carbons (Fsp3) is 0.476. The van der Waals surface area contributed by atoms with Crippen LogP contribution in [0.5, 0.6) is 0 Å². The summed E-state index contributed by atoms with van der Waals surface area (Å²) in [6.45, 7) is 5.87. The zero-order chi connectivity index (χ0) is 19.9. The van der Waals surface area contributed by atoms with E-state index in [1.165, 1.54) is 6.92 Å². The first-order valence-corrected chi connectivity index (χ1v) is 9.11. The van der Waals surface area contributed by atoms with Crippen LogP contribution >= 0.6 is 0 Å². The molecule has 1 aromatic carbocycles. The number of esters is 3. The van der Waals surface area contributed by atoms with Crippen molar-refractivity contribution in [3.63, 3.8) is 0 Å². The Morgan fingerprint density at radius 3 is 2.37 bits per heavy atom. The minimum Gasteiger partial charge on any atom is -0.451 e. The van der Waals surface area contributed by atoms with Gasteiger partial charge >= 0.3 is 17.9 Å². The number of rotatable bonds is 7. The second-order valence-corrected chi connectivity index (χ2v) is 6.89. The van der Waals surface area contributed by atoms with Gasteiger partial charge in [-0.05, 0) is 31.7 Å². The highest BCUT2D eigenvalue weighted by molar-refractivity contribution is 5.88. The molecular weight excluding hydrogens is 348 g/mol. The van der Waals surface area contributed by atoms with E-state index < -0.39 is 36.7 Å². The molecule has 1 aliphatic carbocycles. The Hall–Kier alpha value is -2.63. The van der Waals surface area contributed by atoms with Gasteiger partial charge in [0.2, 0.25) is 0 Å². The Bertz CT molecular complexity index is 696. The maximum atomic E-state index is 12.4. The third kappa shape index (κ3) is 5.42. The van der Waals surface area contributed by atoms with Gasteiger partial charge in [-0.2, -0.15) is 0 Å². The Balaban J connectivity index is 1.96. The fourth-order valence-corrected chi connectivity index (χ4v) is 3.34. The lowest BCUT2D eigenvalue weighted by molar-refractivity contribution is -0.181. The van der Waals surface area contributed by atoms with Gasteiger partial charge in [-0.25, -0.2) is 14.4 Å². The van der Waals surface area contributed by atoms with Gasteiger partial charge in [0.05, 0.1) is 0 Å². The summed E-state index contributed by atoms with van der Waals surface area (Å²) in [4.78, 5) is 35.3. The molecule has 0 N–H and O–H groups in total. The van der Waals surface area contributed by atoms with E-state index in [4.69, 9.17) is 9.47 Å². The lowest BCUT2D eigenvalue weighted by atomic mass is 9.72. The highest BCUT2D eigenvalue weighted by Gasteiger charge is 2.43. The SMILES string of the molecule is C=C(C)C(=O)OCC(=O)OCC(=O)OC1(c2ccccc2)CCCCC1C. The molecule has 0 heterocycles. The zero-order valence-electron chi connectivity index (χ0n) is 15.9. The molecule has 1 aliphatic rings. The van der Waals surface area contributed by atoms with E-state index in [1.54, 1.807) is 0 Å². The number of carbonyl (C=O) groups is 3. The molecular formula is C21H26O6. The van der Waals surface area contributed by atoms with Crippen LogP contribution in [0, 0.1) is 5.92 Å². The minimum absolute atomic E-state index is 0.157. The second kappa shape index (κ2) is 9.35. The van der Waals surface area contributed by atoms with Crippen LogP contribution in [0.2, 0.25) is 0 Å². The number of carbonyl (C=O) groups excluding carboxylic acids is 3. The third-order valence-electron chi connectivity index (χ3n) is 4.81. The van der Waals surface area contributed by atoms with Crippen LogP contribution in [0.1, 0.15) is 45.1 Å². The molecule has 0 spiro atoms. The van der Waals surface area contributed by atoms with Crippen LogP contribution in [-0.4, -0.2) is 31.1 Å². The van der Waals surface area contributed by atoms with Gasteiger partial charge in [0.25, 0.3) is 0 Å². The topological polar surface area (TPSA) is 78.9 Å². The zero-order valence-corrected chi connectivity index (χ0v) is 15.9. The van der Waals surface area contributed by atoms with Gasteiger partial charge in [-0.15, -0.1) is 0 Å². The Kier molecular flexibility index (Phi) is 7.16. The van der Waals surface area contributed by atoms with Crippen molar-refractivity contribution in [1.29, 1.82) is 0 Å². The molecule has 1 saturated carbocycles. The first-order valence-electron chi connectivity index (χ1n) is 9.11. The van der Waals surface area contributed by atoms with Crippen molar-refractivity contribution in [2.24, 2.45) is 5.92 Å². The van der Waals surface area contributed by atoms with E-state index in [0.29, 0.717) is 0 Å². The minimum atomic E-state index is -0.813. The lowest BCUT2D eigenvalue weighted by Crippen LogP contribution is -2.42. The van der Waals surface area contributed by atoms with E-state index in [-0.39, 0.29) is 11.5 Å². The van der Waals surface area contributed by atoms with Crippen molar-refractivity contribution in [2.45, 2.75) is 45.1 Å². The monoisotopic (exact) mass is 374 g/mol. The number of hydrogen-bond donors (Lipinski definition) is 0. The molecule has 0 saturated heterocycles. The number of hydrogen-bond acceptors (Lipinski definition) is 6. The quantitative estimate of drug-likeness (QED) is 0.414. The predicted molar refractivity (Wildman–Crippen MR) is 98.6 cm³/mol. The Morgan fingerprint density at radius 2 is 1.74 bits per heavy atom. The van der Waals surface area contributed by atoms with Crippen molar-refractivity contribution in [3.05, 3.63) is 48.0 Å². The van der Waals surface area contributed by atoms with Crippen molar-refractivity contribution >= 4 is 17.9 Å². The van der Waals surface area contributed by atoms with E-state index in [2.05, 4.69) is 18.2 Å². The molecule has 0 aromatic heterocycles. The maximum Gasteiger partial charge on any atom is 0.345 e. The van der Waals surface area contributed by atoms with E-state index in [9.17, 15) is 14.4 Å². The molecule has 0 radical (unpaired) electrons. The molecule has 6 nitrogen and oxygen atoms in total. The van der Waals surface area contributed by atoms with Crippen LogP contribution in [0.25, 0.3) is 0 Å². The van der Waals surface area contributed by atoms with Gasteiger partial charge in [0.15, 0.2) is 13.2 Å². The van der Waals surface area contributed by atoms with Crippen LogP contribution < -0.4 is 0 Å².